The van der Waals surface area contributed by atoms with E-state index in [0.717, 1.165) is 69.6 Å². The second kappa shape index (κ2) is 6.20. The van der Waals surface area contributed by atoms with E-state index in [1.54, 1.807) is 0 Å². The van der Waals surface area contributed by atoms with Crippen molar-refractivity contribution in [1.29, 1.82) is 0 Å². The van der Waals surface area contributed by atoms with Gasteiger partial charge in [0.2, 0.25) is 5.91 Å². The monoisotopic (exact) mass is 326 g/mol. The maximum Gasteiger partial charge on any atom is 0.243 e. The number of nitrogens with zero attached hydrogens (tertiary/aromatic N) is 4. The van der Waals surface area contributed by atoms with E-state index in [4.69, 9.17) is 4.98 Å². The van der Waals surface area contributed by atoms with Gasteiger partial charge in [0.05, 0.1) is 5.69 Å². The number of pyridine rings is 1. The number of amides is 1. The molecule has 4 heterocycles. The van der Waals surface area contributed by atoms with E-state index in [0.29, 0.717) is 5.91 Å². The first kappa shape index (κ1) is 15.6. The van der Waals surface area contributed by atoms with Gasteiger partial charge in [-0.2, -0.15) is 0 Å². The van der Waals surface area contributed by atoms with Crippen LogP contribution in [0.4, 0.5) is 0 Å². The van der Waals surface area contributed by atoms with Crippen LogP contribution in [0.5, 0.6) is 0 Å². The Balaban J connectivity index is 1.58. The topological polar surface area (TPSA) is 40.9 Å². The van der Waals surface area contributed by atoms with Gasteiger partial charge in [-0.3, -0.25) is 9.69 Å². The molecule has 2 aromatic heterocycles. The van der Waals surface area contributed by atoms with Crippen molar-refractivity contribution in [1.82, 2.24) is 19.2 Å². The number of imidazole rings is 1. The molecule has 2 fully saturated rings. The molecule has 1 amide bonds. The predicted octanol–water partition coefficient (Wildman–Crippen LogP) is 2.70. The molecule has 4 rings (SSSR count). The molecule has 5 nitrogen and oxygen atoms in total. The summed E-state index contributed by atoms with van der Waals surface area (Å²) >= 11 is 0. The van der Waals surface area contributed by atoms with Crippen molar-refractivity contribution in [2.75, 3.05) is 19.6 Å². The van der Waals surface area contributed by atoms with E-state index in [-0.39, 0.29) is 5.54 Å². The molecule has 0 bridgehead atoms. The second-order valence-electron chi connectivity index (χ2n) is 7.15. The Morgan fingerprint density at radius 1 is 1.21 bits per heavy atom. The summed E-state index contributed by atoms with van der Waals surface area (Å²) in [6.45, 7) is 5.74. The molecular weight excluding hydrogens is 300 g/mol. The largest absolute Gasteiger partial charge is 0.341 e. The molecule has 5 heteroatoms. The highest BCUT2D eigenvalue weighted by Crippen LogP contribution is 2.39. The lowest BCUT2D eigenvalue weighted by Gasteiger charge is -2.44. The van der Waals surface area contributed by atoms with Gasteiger partial charge in [0.1, 0.15) is 11.2 Å². The van der Waals surface area contributed by atoms with Crippen molar-refractivity contribution in [3.63, 3.8) is 0 Å². The van der Waals surface area contributed by atoms with Crippen molar-refractivity contribution in [2.45, 2.75) is 51.1 Å². The first-order valence-corrected chi connectivity index (χ1v) is 9.20. The molecule has 0 radical (unpaired) electrons. The average Bonchev–Trinajstić information content (AvgIpc) is 3.17. The Morgan fingerprint density at radius 3 is 2.83 bits per heavy atom. The SMILES string of the molecule is CCCN1CCCC2(CCCN2Cc2cn3ccccc3n2)C1=O. The van der Waals surface area contributed by atoms with Crippen LogP contribution in [0.1, 0.15) is 44.7 Å². The molecule has 0 aromatic carbocycles. The summed E-state index contributed by atoms with van der Waals surface area (Å²) < 4.78 is 2.06. The van der Waals surface area contributed by atoms with Crippen LogP contribution < -0.4 is 0 Å². The van der Waals surface area contributed by atoms with Crippen molar-refractivity contribution in [3.8, 4) is 0 Å². The van der Waals surface area contributed by atoms with Crippen LogP contribution in [0.3, 0.4) is 0 Å². The third-order valence-corrected chi connectivity index (χ3v) is 5.59. The van der Waals surface area contributed by atoms with Crippen LogP contribution in [-0.2, 0) is 11.3 Å². The quantitative estimate of drug-likeness (QED) is 0.867. The molecule has 1 unspecified atom stereocenters. The Labute approximate surface area is 143 Å². The molecule has 1 spiro atoms. The van der Waals surface area contributed by atoms with E-state index in [2.05, 4.69) is 27.3 Å². The maximum absolute atomic E-state index is 13.2. The number of hydrogen-bond acceptors (Lipinski definition) is 3. The zero-order chi connectivity index (χ0) is 16.6. The van der Waals surface area contributed by atoms with Gasteiger partial charge in [-0.15, -0.1) is 0 Å². The molecule has 2 saturated heterocycles. The Kier molecular flexibility index (Phi) is 4.04. The van der Waals surface area contributed by atoms with Gasteiger partial charge in [-0.05, 0) is 50.8 Å². The van der Waals surface area contributed by atoms with E-state index in [1.165, 1.54) is 0 Å². The Hall–Kier alpha value is -1.88. The number of likely N-dealkylation sites (tertiary alicyclic amines) is 2. The zero-order valence-corrected chi connectivity index (χ0v) is 14.4. The summed E-state index contributed by atoms with van der Waals surface area (Å²) in [5.41, 5.74) is 1.76. The number of piperidine rings is 1. The van der Waals surface area contributed by atoms with Crippen molar-refractivity contribution >= 4 is 11.6 Å². The summed E-state index contributed by atoms with van der Waals surface area (Å²) in [5.74, 6) is 0.358. The molecule has 0 saturated carbocycles. The minimum Gasteiger partial charge on any atom is -0.341 e. The van der Waals surface area contributed by atoms with Gasteiger partial charge in [-0.25, -0.2) is 4.98 Å². The van der Waals surface area contributed by atoms with Gasteiger partial charge >= 0.3 is 0 Å². The van der Waals surface area contributed by atoms with Crippen LogP contribution >= 0.6 is 0 Å². The normalized spacial score (nSPS) is 25.2. The third-order valence-electron chi connectivity index (χ3n) is 5.59. The fourth-order valence-electron chi connectivity index (χ4n) is 4.50. The number of rotatable bonds is 4. The maximum atomic E-state index is 13.2. The number of aromatic nitrogens is 2. The summed E-state index contributed by atoms with van der Waals surface area (Å²) in [4.78, 5) is 22.4. The highest BCUT2D eigenvalue weighted by atomic mass is 16.2. The van der Waals surface area contributed by atoms with Gasteiger partial charge < -0.3 is 9.30 Å². The summed E-state index contributed by atoms with van der Waals surface area (Å²) in [7, 11) is 0. The van der Waals surface area contributed by atoms with Crippen LogP contribution in [-0.4, -0.2) is 50.3 Å². The molecule has 1 atom stereocenters. The van der Waals surface area contributed by atoms with Crippen LogP contribution in [0.2, 0.25) is 0 Å². The van der Waals surface area contributed by atoms with Gasteiger partial charge in [0.15, 0.2) is 0 Å². The highest BCUT2D eigenvalue weighted by molar-refractivity contribution is 5.87. The second-order valence-corrected chi connectivity index (χ2v) is 7.15. The predicted molar refractivity (Wildman–Crippen MR) is 93.7 cm³/mol. The fourth-order valence-corrected chi connectivity index (χ4v) is 4.50. The Bertz CT molecular complexity index is 705. The van der Waals surface area contributed by atoms with Crippen molar-refractivity contribution in [2.24, 2.45) is 0 Å². The van der Waals surface area contributed by atoms with Gasteiger partial charge in [0.25, 0.3) is 0 Å². The smallest absolute Gasteiger partial charge is 0.243 e. The van der Waals surface area contributed by atoms with Gasteiger partial charge in [0, 0.05) is 32.0 Å². The minimum absolute atomic E-state index is 0.275. The first-order valence-electron chi connectivity index (χ1n) is 9.20. The fraction of sp³-hybridized carbons (Fsp3) is 0.579. The molecule has 2 aliphatic rings. The molecular formula is C19H26N4O. The third kappa shape index (κ3) is 2.51. The molecule has 128 valence electrons. The standard InChI is InChI=1S/C19H26N4O/c1-2-10-21-12-5-8-19(18(21)24)9-6-13-23(19)15-16-14-22-11-4-3-7-17(22)20-16/h3-4,7,11,14H,2,5-6,8-10,12-13,15H2,1H3. The zero-order valence-electron chi connectivity index (χ0n) is 14.4. The lowest BCUT2D eigenvalue weighted by atomic mass is 9.85. The van der Waals surface area contributed by atoms with Crippen LogP contribution in [0.25, 0.3) is 5.65 Å². The lowest BCUT2D eigenvalue weighted by molar-refractivity contribution is -0.147. The van der Waals surface area contributed by atoms with Crippen LogP contribution in [0, 0.1) is 0 Å². The molecule has 0 N–H and O–H groups in total. The van der Waals surface area contributed by atoms with Crippen molar-refractivity contribution in [3.05, 3.63) is 36.3 Å². The number of fused-ring (bicyclic) bond motifs is 1. The van der Waals surface area contributed by atoms with E-state index >= 15 is 0 Å². The molecule has 2 aliphatic heterocycles. The average molecular weight is 326 g/mol. The summed E-state index contributed by atoms with van der Waals surface area (Å²) in [6.07, 6.45) is 9.39. The number of carbonyl (C=O) groups is 1. The lowest BCUT2D eigenvalue weighted by Crippen LogP contribution is -2.59. The Morgan fingerprint density at radius 2 is 2.04 bits per heavy atom. The molecule has 0 aliphatic carbocycles. The molecule has 2 aromatic rings. The van der Waals surface area contributed by atoms with E-state index in [9.17, 15) is 4.79 Å². The highest BCUT2D eigenvalue weighted by Gasteiger charge is 2.50. The number of carbonyl (C=O) groups excluding carboxylic acids is 1. The van der Waals surface area contributed by atoms with Gasteiger partial charge in [-0.1, -0.05) is 13.0 Å². The number of hydrogen-bond donors (Lipinski definition) is 0. The first-order chi connectivity index (χ1) is 11.7. The van der Waals surface area contributed by atoms with E-state index in [1.807, 2.05) is 24.4 Å². The minimum atomic E-state index is -0.275. The van der Waals surface area contributed by atoms with Crippen LogP contribution in [0.15, 0.2) is 30.6 Å². The van der Waals surface area contributed by atoms with E-state index < -0.39 is 0 Å². The summed E-state index contributed by atoms with van der Waals surface area (Å²) in [5, 5.41) is 0. The molecule has 24 heavy (non-hydrogen) atoms. The summed E-state index contributed by atoms with van der Waals surface area (Å²) in [6, 6.07) is 6.05. The van der Waals surface area contributed by atoms with Crippen molar-refractivity contribution < 1.29 is 4.79 Å².